The molecule has 10 nitrogen and oxygen atoms in total. The van der Waals surface area contributed by atoms with Gasteiger partial charge in [0.15, 0.2) is 0 Å². The lowest BCUT2D eigenvalue weighted by Gasteiger charge is -2.18. The Kier molecular flexibility index (Phi) is 18.3. The highest BCUT2D eigenvalue weighted by atomic mass is 16.4. The smallest absolute Gasteiger partial charge is 0.303 e. The van der Waals surface area contributed by atoms with Crippen molar-refractivity contribution in [2.24, 2.45) is 38.6 Å². The van der Waals surface area contributed by atoms with Crippen LogP contribution in [0, 0.1) is 23.7 Å². The molecule has 4 atom stereocenters. The molecule has 0 saturated heterocycles. The number of aromatic amines is 1. The third kappa shape index (κ3) is 13.1. The Hall–Kier alpha value is -4.83. The number of H-pyrrole nitrogens is 1. The summed E-state index contributed by atoms with van der Waals surface area (Å²) in [4.78, 5) is 42.3. The number of aliphatic hydroxyl groups excluding tert-OH is 2. The van der Waals surface area contributed by atoms with E-state index in [1.807, 2.05) is 38.2 Å². The van der Waals surface area contributed by atoms with Gasteiger partial charge in [-0.15, -0.1) is 0 Å². The number of carboxylic acids is 2. The minimum Gasteiger partial charge on any atom is -0.515 e. The molecule has 1 aromatic heterocycles. The molecule has 0 aromatic carbocycles. The third-order valence-electron chi connectivity index (χ3n) is 13.8. The summed E-state index contributed by atoms with van der Waals surface area (Å²) in [5.41, 5.74) is 10.5. The van der Waals surface area contributed by atoms with Gasteiger partial charge in [0.1, 0.15) is 0 Å². The zero-order valence-electron chi connectivity index (χ0n) is 40.2. The molecule has 4 aliphatic heterocycles. The number of aliphatic carboxylic acids is 2. The van der Waals surface area contributed by atoms with Gasteiger partial charge < -0.3 is 25.4 Å². The Morgan fingerprint density at radius 1 is 0.625 bits per heavy atom. The first-order valence-corrected chi connectivity index (χ1v) is 24.2. The second-order valence-electron chi connectivity index (χ2n) is 19.5. The number of carboxylic acid groups (broad SMARTS) is 2. The highest BCUT2D eigenvalue weighted by Gasteiger charge is 2.29. The number of aliphatic imine (C=N–C) groups is 3. The van der Waals surface area contributed by atoms with Crippen LogP contribution in [0.5, 0.6) is 0 Å². The molecule has 1 aromatic rings. The molecular formula is C54H76N4O6. The molecule has 0 amide bonds. The molecule has 4 aliphatic rings. The van der Waals surface area contributed by atoms with E-state index in [2.05, 4.69) is 53.5 Å². The largest absolute Gasteiger partial charge is 0.515 e. The number of nitrogens with one attached hydrogen (secondary N) is 1. The predicted octanol–water partition coefficient (Wildman–Crippen LogP) is 11.4. The lowest BCUT2D eigenvalue weighted by atomic mass is 9.89. The Balaban J connectivity index is 1.40. The van der Waals surface area contributed by atoms with Crippen molar-refractivity contribution in [2.75, 3.05) is 0 Å². The first kappa shape index (κ1) is 50.2. The normalized spacial score (nSPS) is 18.5. The molecule has 348 valence electrons. The molecule has 10 heteroatoms. The lowest BCUT2D eigenvalue weighted by Crippen LogP contribution is -2.27. The van der Waals surface area contributed by atoms with Crippen LogP contribution in [0.2, 0.25) is 0 Å². The number of aliphatic hydroxyl groups is 2. The average Bonchev–Trinajstić information content (AvgIpc) is 3.91. The fourth-order valence-corrected chi connectivity index (χ4v) is 9.80. The van der Waals surface area contributed by atoms with Gasteiger partial charge >= 0.3 is 11.9 Å². The molecule has 0 saturated carbocycles. The minimum atomic E-state index is -0.973. The fraction of sp³-hybridized carbons (Fsp3) is 0.574. The van der Waals surface area contributed by atoms with Gasteiger partial charge in [0.05, 0.1) is 51.9 Å². The highest BCUT2D eigenvalue weighted by Crippen LogP contribution is 2.37. The predicted molar refractivity (Wildman–Crippen MR) is 263 cm³/mol. The van der Waals surface area contributed by atoms with Crippen molar-refractivity contribution in [3.8, 4) is 0 Å². The van der Waals surface area contributed by atoms with E-state index in [1.54, 1.807) is 0 Å². The van der Waals surface area contributed by atoms with Crippen molar-refractivity contribution >= 4 is 47.5 Å². The summed E-state index contributed by atoms with van der Waals surface area (Å²) >= 11 is 0. The lowest BCUT2D eigenvalue weighted by molar-refractivity contribution is -0.138. The maximum atomic E-state index is 12.0. The van der Waals surface area contributed by atoms with E-state index < -0.39 is 18.0 Å². The summed E-state index contributed by atoms with van der Waals surface area (Å²) in [7, 11) is 0. The third-order valence-corrected chi connectivity index (χ3v) is 13.8. The first-order chi connectivity index (χ1) is 30.5. The second-order valence-corrected chi connectivity index (χ2v) is 19.5. The number of allylic oxidation sites excluding steroid dienone is 7. The van der Waals surface area contributed by atoms with Crippen LogP contribution in [0.4, 0.5) is 0 Å². The van der Waals surface area contributed by atoms with Crippen molar-refractivity contribution in [1.82, 2.24) is 4.98 Å². The Morgan fingerprint density at radius 2 is 1.09 bits per heavy atom. The molecule has 4 unspecified atom stereocenters. The Bertz CT molecular complexity index is 2320. The summed E-state index contributed by atoms with van der Waals surface area (Å²) in [6.07, 6.45) is 23.0. The Morgan fingerprint density at radius 3 is 1.62 bits per heavy atom. The van der Waals surface area contributed by atoms with E-state index in [4.69, 9.17) is 15.0 Å². The summed E-state index contributed by atoms with van der Waals surface area (Å²) < 4.78 is 0. The van der Waals surface area contributed by atoms with Crippen molar-refractivity contribution in [1.29, 1.82) is 0 Å². The maximum absolute atomic E-state index is 12.0. The molecule has 8 bridgehead atoms. The zero-order valence-corrected chi connectivity index (χ0v) is 40.2. The van der Waals surface area contributed by atoms with Crippen LogP contribution in [0.1, 0.15) is 176 Å². The van der Waals surface area contributed by atoms with Gasteiger partial charge in [-0.2, -0.15) is 0 Å². The molecule has 0 radical (unpaired) electrons. The molecule has 0 fully saturated rings. The van der Waals surface area contributed by atoms with Crippen LogP contribution in [-0.4, -0.2) is 60.6 Å². The highest BCUT2D eigenvalue weighted by molar-refractivity contribution is 6.24. The van der Waals surface area contributed by atoms with E-state index in [-0.39, 0.29) is 25.7 Å². The molecule has 0 aliphatic carbocycles. The molecule has 5 N–H and O–H groups in total. The van der Waals surface area contributed by atoms with Crippen molar-refractivity contribution < 1.29 is 30.0 Å². The van der Waals surface area contributed by atoms with E-state index in [0.29, 0.717) is 57.0 Å². The SMILES string of the molecule is CCC1=C(C)C2=NC1=CC1=NC(=Cc3[nH]c(/c(=C\O)c3CCC(=O)O)=CC3=NC(=C2)C(C(O)CCCC(C)CCCC(C)CCCC(C)CCCC(C)C)=C3C)C(CCC(=O)O)=C1C. The van der Waals surface area contributed by atoms with Gasteiger partial charge in [-0.25, -0.2) is 15.0 Å². The van der Waals surface area contributed by atoms with Crippen molar-refractivity contribution in [2.45, 2.75) is 178 Å². The molecule has 64 heavy (non-hydrogen) atoms. The minimum absolute atomic E-state index is 0.0830. The van der Waals surface area contributed by atoms with Gasteiger partial charge in [0.25, 0.3) is 0 Å². The van der Waals surface area contributed by atoms with Crippen LogP contribution >= 0.6 is 0 Å². The topological polar surface area (TPSA) is 168 Å². The first-order valence-electron chi connectivity index (χ1n) is 24.2. The van der Waals surface area contributed by atoms with Crippen LogP contribution in [0.3, 0.4) is 0 Å². The molecular weight excluding hydrogens is 801 g/mol. The monoisotopic (exact) mass is 877 g/mol. The standard InChI is InChI=1S/C54H76N4O6/c1-10-39-36(7)44-29-50-54(51(60)22-14-21-35(6)20-13-19-34(5)18-12-17-33(4)16-11-15-32(2)3)38(9)45(57-50)28-49-42(31-59)41(24-26-53(63)64)48(58-49)30-47-40(23-25-52(61)62)37(8)43(56-47)27-46(39)55-44/h27-35,51,58-60H,10-26H2,1-9H3,(H,61,62)(H,63,64)/b42-31-,46-27?,47-30?,49-28?,50-29?. The fourth-order valence-electron chi connectivity index (χ4n) is 9.80. The van der Waals surface area contributed by atoms with Gasteiger partial charge in [-0.1, -0.05) is 112 Å². The maximum Gasteiger partial charge on any atom is 0.303 e. The summed E-state index contributed by atoms with van der Waals surface area (Å²) in [6.45, 7) is 19.9. The van der Waals surface area contributed by atoms with Gasteiger partial charge in [0, 0.05) is 29.3 Å². The average molecular weight is 877 g/mol. The second kappa shape index (κ2) is 23.4. The number of aromatic nitrogens is 1. The van der Waals surface area contributed by atoms with E-state index in [0.717, 1.165) is 88.1 Å². The number of hydrogen-bond acceptors (Lipinski definition) is 7. The van der Waals surface area contributed by atoms with E-state index >= 15 is 0 Å². The van der Waals surface area contributed by atoms with Gasteiger partial charge in [-0.3, -0.25) is 9.59 Å². The van der Waals surface area contributed by atoms with Crippen LogP contribution in [0.25, 0.3) is 18.4 Å². The van der Waals surface area contributed by atoms with Crippen LogP contribution in [-0.2, 0) is 16.0 Å². The zero-order chi connectivity index (χ0) is 46.7. The number of carbonyl (C=O) groups is 2. The Labute approximate surface area is 382 Å². The van der Waals surface area contributed by atoms with Crippen LogP contribution in [0.15, 0.2) is 77.7 Å². The van der Waals surface area contributed by atoms with Crippen LogP contribution < -0.4 is 10.6 Å². The number of hydrogen-bond donors (Lipinski definition) is 5. The molecule has 5 heterocycles. The summed E-state index contributed by atoms with van der Waals surface area (Å²) in [5, 5.41) is 43.0. The van der Waals surface area contributed by atoms with Gasteiger partial charge in [-0.05, 0) is 128 Å². The summed E-state index contributed by atoms with van der Waals surface area (Å²) in [6, 6.07) is 0. The molecule has 0 spiro atoms. The van der Waals surface area contributed by atoms with E-state index in [9.17, 15) is 30.0 Å². The number of nitrogens with zero attached hydrogens (tertiary/aromatic N) is 3. The number of fused-ring (bicyclic) bond motifs is 5. The van der Waals surface area contributed by atoms with E-state index in [1.165, 1.54) is 57.8 Å². The van der Waals surface area contributed by atoms with Gasteiger partial charge in [0.2, 0.25) is 0 Å². The molecule has 5 rings (SSSR count). The van der Waals surface area contributed by atoms with Crippen molar-refractivity contribution in [3.05, 3.63) is 84.5 Å². The quantitative estimate of drug-likeness (QED) is 0.0693. The summed E-state index contributed by atoms with van der Waals surface area (Å²) in [5.74, 6) is 1.06. The number of rotatable bonds is 24. The van der Waals surface area contributed by atoms with Crippen molar-refractivity contribution in [3.63, 3.8) is 0 Å².